The molecule has 0 saturated carbocycles. The lowest BCUT2D eigenvalue weighted by Gasteiger charge is -2.15. The summed E-state index contributed by atoms with van der Waals surface area (Å²) >= 11 is 6.12. The van der Waals surface area contributed by atoms with Crippen LogP contribution < -0.4 is 25.3 Å². The molecule has 0 radical (unpaired) electrons. The van der Waals surface area contributed by atoms with Gasteiger partial charge < -0.3 is 25.3 Å². The summed E-state index contributed by atoms with van der Waals surface area (Å²) in [6.07, 6.45) is 0. The number of anilines is 1. The van der Waals surface area contributed by atoms with E-state index in [1.165, 1.54) is 33.5 Å². The first kappa shape index (κ1) is 24.8. The molecule has 0 aliphatic rings. The van der Waals surface area contributed by atoms with Crippen molar-refractivity contribution in [1.82, 2.24) is 14.5 Å². The number of nitrogens with zero attached hydrogens (tertiary/aromatic N) is 3. The zero-order chi connectivity index (χ0) is 27.0. The molecule has 11 heteroatoms. The summed E-state index contributed by atoms with van der Waals surface area (Å²) in [5, 5.41) is 3.35. The van der Waals surface area contributed by atoms with Crippen molar-refractivity contribution in [3.8, 4) is 22.9 Å². The van der Waals surface area contributed by atoms with Gasteiger partial charge in [0, 0.05) is 16.3 Å². The zero-order valence-electron chi connectivity index (χ0n) is 20.6. The first-order chi connectivity index (χ1) is 18.4. The van der Waals surface area contributed by atoms with E-state index in [2.05, 4.69) is 10.3 Å². The van der Waals surface area contributed by atoms with Gasteiger partial charge >= 0.3 is 0 Å². The van der Waals surface area contributed by atoms with Crippen LogP contribution in [0.1, 0.15) is 20.7 Å². The second-order valence-corrected chi connectivity index (χ2v) is 8.59. The number of nitrogens with one attached hydrogen (secondary N) is 1. The molecule has 5 rings (SSSR count). The lowest BCUT2D eigenvalue weighted by atomic mass is 10.1. The van der Waals surface area contributed by atoms with Crippen molar-refractivity contribution in [2.45, 2.75) is 0 Å². The molecule has 3 N–H and O–H groups in total. The van der Waals surface area contributed by atoms with Gasteiger partial charge in [-0.15, -0.1) is 0 Å². The highest BCUT2D eigenvalue weighted by Crippen LogP contribution is 2.39. The van der Waals surface area contributed by atoms with Crippen molar-refractivity contribution >= 4 is 51.4 Å². The minimum Gasteiger partial charge on any atom is -0.493 e. The minimum absolute atomic E-state index is 0.00833. The number of rotatable bonds is 7. The topological polar surface area (TPSA) is 131 Å². The average molecular weight is 532 g/mol. The average Bonchev–Trinajstić information content (AvgIpc) is 3.23. The van der Waals surface area contributed by atoms with Gasteiger partial charge in [-0.25, -0.2) is 9.97 Å². The minimum atomic E-state index is -0.785. The van der Waals surface area contributed by atoms with Crippen LogP contribution in [0.3, 0.4) is 0 Å². The summed E-state index contributed by atoms with van der Waals surface area (Å²) in [7, 11) is 4.36. The number of benzene rings is 3. The van der Waals surface area contributed by atoms with Crippen LogP contribution in [0.25, 0.3) is 27.9 Å². The SMILES string of the molecule is COc1cc(C(=O)Nc2c(C(N)=O)c3nc4ccccc4nc3n2-c2ccc(Cl)cc2)cc(OC)c1OC. The number of carbonyl (C=O) groups is 2. The van der Waals surface area contributed by atoms with E-state index >= 15 is 0 Å². The molecule has 2 heterocycles. The Morgan fingerprint density at radius 2 is 1.50 bits per heavy atom. The third-order valence-electron chi connectivity index (χ3n) is 5.95. The highest BCUT2D eigenvalue weighted by Gasteiger charge is 2.27. The molecule has 0 atom stereocenters. The van der Waals surface area contributed by atoms with Gasteiger partial charge in [0.15, 0.2) is 17.1 Å². The molecule has 0 unspecified atom stereocenters. The predicted molar refractivity (Wildman–Crippen MR) is 144 cm³/mol. The van der Waals surface area contributed by atoms with Crippen LogP contribution in [0.5, 0.6) is 17.2 Å². The standard InChI is InChI=1S/C27H22ClN5O5/c1-36-19-12-14(13-20(37-2)23(19)38-3)27(35)32-25-21(24(29)34)22-26(31-18-7-5-4-6-17(18)30-22)33(25)16-10-8-15(28)9-11-16/h4-13H,1-3H3,(H2,29,34)(H,32,35). The Morgan fingerprint density at radius 1 is 0.895 bits per heavy atom. The molecule has 2 amide bonds. The number of ether oxygens (including phenoxy) is 3. The highest BCUT2D eigenvalue weighted by molar-refractivity contribution is 6.30. The van der Waals surface area contributed by atoms with Crippen LogP contribution in [0.2, 0.25) is 5.02 Å². The lowest BCUT2D eigenvalue weighted by molar-refractivity contribution is 0.100. The predicted octanol–water partition coefficient (Wildman–Crippen LogP) is 4.60. The summed E-state index contributed by atoms with van der Waals surface area (Å²) in [6, 6.07) is 17.1. The van der Waals surface area contributed by atoms with Crippen LogP contribution in [-0.2, 0) is 0 Å². The molecule has 0 bridgehead atoms. The van der Waals surface area contributed by atoms with E-state index in [1.54, 1.807) is 41.0 Å². The van der Waals surface area contributed by atoms with E-state index in [1.807, 2.05) is 12.1 Å². The Balaban J connectivity index is 1.76. The van der Waals surface area contributed by atoms with Gasteiger partial charge in [-0.1, -0.05) is 23.7 Å². The Labute approximate surface area is 221 Å². The first-order valence-corrected chi connectivity index (χ1v) is 11.7. The van der Waals surface area contributed by atoms with Crippen molar-refractivity contribution in [1.29, 1.82) is 0 Å². The molecule has 192 valence electrons. The maximum atomic E-state index is 13.6. The van der Waals surface area contributed by atoms with Crippen molar-refractivity contribution in [2.24, 2.45) is 5.73 Å². The molecular formula is C27H22ClN5O5. The molecule has 38 heavy (non-hydrogen) atoms. The van der Waals surface area contributed by atoms with E-state index in [9.17, 15) is 9.59 Å². The number of primary amides is 1. The number of carbonyl (C=O) groups excluding carboxylic acids is 2. The maximum absolute atomic E-state index is 13.6. The molecular weight excluding hydrogens is 510 g/mol. The van der Waals surface area contributed by atoms with Crippen LogP contribution >= 0.6 is 11.6 Å². The summed E-state index contributed by atoms with van der Waals surface area (Å²) in [5.74, 6) is -0.328. The second-order valence-electron chi connectivity index (χ2n) is 8.15. The van der Waals surface area contributed by atoms with Gasteiger partial charge in [-0.2, -0.15) is 0 Å². The van der Waals surface area contributed by atoms with Crippen LogP contribution in [0.15, 0.2) is 60.7 Å². The maximum Gasteiger partial charge on any atom is 0.257 e. The molecule has 5 aromatic rings. The smallest absolute Gasteiger partial charge is 0.257 e. The Kier molecular flexibility index (Phi) is 6.48. The summed E-state index contributed by atoms with van der Waals surface area (Å²) in [6.45, 7) is 0. The van der Waals surface area contributed by atoms with E-state index in [0.29, 0.717) is 44.6 Å². The highest BCUT2D eigenvalue weighted by atomic mass is 35.5. The van der Waals surface area contributed by atoms with E-state index in [-0.39, 0.29) is 22.5 Å². The van der Waals surface area contributed by atoms with E-state index in [0.717, 1.165) is 0 Å². The number of hydrogen-bond acceptors (Lipinski definition) is 7. The molecule has 0 saturated heterocycles. The summed E-state index contributed by atoms with van der Waals surface area (Å²) in [5.41, 5.74) is 8.36. The summed E-state index contributed by atoms with van der Waals surface area (Å²) in [4.78, 5) is 35.8. The number of halogens is 1. The van der Waals surface area contributed by atoms with Crippen LogP contribution in [0.4, 0.5) is 5.82 Å². The van der Waals surface area contributed by atoms with Gasteiger partial charge in [0.05, 0.1) is 32.4 Å². The third-order valence-corrected chi connectivity index (χ3v) is 6.20. The van der Waals surface area contributed by atoms with Crippen LogP contribution in [-0.4, -0.2) is 47.7 Å². The molecule has 0 aliphatic heterocycles. The van der Waals surface area contributed by atoms with Gasteiger partial charge in [0.25, 0.3) is 11.8 Å². The van der Waals surface area contributed by atoms with Crippen LogP contribution in [0, 0.1) is 0 Å². The molecule has 0 aliphatic carbocycles. The van der Waals surface area contributed by atoms with Gasteiger partial charge in [-0.05, 0) is 48.5 Å². The quantitative estimate of drug-likeness (QED) is 0.313. The number of methoxy groups -OCH3 is 3. The van der Waals surface area contributed by atoms with Crippen molar-refractivity contribution < 1.29 is 23.8 Å². The fourth-order valence-corrected chi connectivity index (χ4v) is 4.36. The van der Waals surface area contributed by atoms with Gasteiger partial charge in [0.1, 0.15) is 16.9 Å². The Bertz CT molecular complexity index is 1690. The lowest BCUT2D eigenvalue weighted by Crippen LogP contribution is -2.20. The molecule has 0 spiro atoms. The Morgan fingerprint density at radius 3 is 2.05 bits per heavy atom. The normalized spacial score (nSPS) is 10.9. The summed E-state index contributed by atoms with van der Waals surface area (Å²) < 4.78 is 17.7. The van der Waals surface area contributed by atoms with Crippen molar-refractivity contribution in [2.75, 3.05) is 26.6 Å². The number of fused-ring (bicyclic) bond motifs is 2. The Hall–Kier alpha value is -4.83. The molecule has 10 nitrogen and oxygen atoms in total. The number of aromatic nitrogens is 3. The number of nitrogens with two attached hydrogens (primary N) is 1. The first-order valence-electron chi connectivity index (χ1n) is 11.3. The van der Waals surface area contributed by atoms with E-state index in [4.69, 9.17) is 36.5 Å². The zero-order valence-corrected chi connectivity index (χ0v) is 21.4. The largest absolute Gasteiger partial charge is 0.493 e. The number of para-hydroxylation sites is 2. The molecule has 0 fully saturated rings. The fourth-order valence-electron chi connectivity index (χ4n) is 4.23. The fraction of sp³-hybridized carbons (Fsp3) is 0.111. The second kappa shape index (κ2) is 9.91. The number of amides is 2. The van der Waals surface area contributed by atoms with Crippen molar-refractivity contribution in [3.63, 3.8) is 0 Å². The number of hydrogen-bond donors (Lipinski definition) is 2. The van der Waals surface area contributed by atoms with Gasteiger partial charge in [-0.3, -0.25) is 14.2 Å². The third kappa shape index (κ3) is 4.20. The van der Waals surface area contributed by atoms with E-state index < -0.39 is 11.8 Å². The molecule has 3 aromatic carbocycles. The molecule has 2 aromatic heterocycles. The van der Waals surface area contributed by atoms with Crippen molar-refractivity contribution in [3.05, 3.63) is 76.8 Å². The van der Waals surface area contributed by atoms with Gasteiger partial charge in [0.2, 0.25) is 5.75 Å². The monoisotopic (exact) mass is 531 g/mol.